The van der Waals surface area contributed by atoms with Gasteiger partial charge < -0.3 is 85.3 Å². The van der Waals surface area contributed by atoms with E-state index in [-0.39, 0.29) is 34.5 Å². The van der Waals surface area contributed by atoms with E-state index >= 15 is 0 Å². The first-order chi connectivity index (χ1) is 30.2. The van der Waals surface area contributed by atoms with Crippen molar-refractivity contribution in [2.75, 3.05) is 13.2 Å². The molecule has 8 fully saturated rings. The molecule has 0 aromatic rings. The SMILES string of the molecule is C[C@H](CC[C@@H]([C@@H]1O[C@H](CO)[C@@H](O)[C@H](O)[C@H]1O)C(C)(C)O)[C@H]1[C@@H]([C@@H]2O[C@H](CO)[C@@H](O)[C@H](O)[C@H]2O)C[C@@]2(C)[C@@H]3C[C@H](O[C@@H]4O[C@@H](C)[C@H](O)[C@@H](O)[C@H]4O)[C@H]4C(C)(C)[C@@H](O)CC[C@@]45C[C@@]35CC[C@]12C. The summed E-state index contributed by atoms with van der Waals surface area (Å²) in [5.74, 6) is -1.66. The van der Waals surface area contributed by atoms with Crippen LogP contribution in [-0.2, 0) is 18.9 Å². The summed E-state index contributed by atoms with van der Waals surface area (Å²) in [6.45, 7) is 14.6. The zero-order chi connectivity index (χ0) is 47.9. The summed E-state index contributed by atoms with van der Waals surface area (Å²) in [6.07, 6.45) is -15.4. The predicted molar refractivity (Wildman–Crippen MR) is 230 cm³/mol. The molecule has 0 aromatic carbocycles. The molecule has 0 bridgehead atoms. The summed E-state index contributed by atoms with van der Waals surface area (Å²) in [6, 6.07) is 0. The van der Waals surface area contributed by atoms with Gasteiger partial charge in [0.2, 0.25) is 0 Å². The van der Waals surface area contributed by atoms with E-state index in [1.807, 2.05) is 0 Å². The Labute approximate surface area is 383 Å². The third kappa shape index (κ3) is 7.49. The highest BCUT2D eigenvalue weighted by Crippen LogP contribution is 2.89. The average Bonchev–Trinajstić information content (AvgIpc) is 3.83. The lowest BCUT2D eigenvalue weighted by Crippen LogP contribution is -2.64. The molecule has 8 aliphatic rings. The molecule has 0 aromatic heterocycles. The smallest absolute Gasteiger partial charge is 0.186 e. The monoisotopic (exact) mass is 931 g/mol. The molecule has 8 rings (SSSR count). The quantitative estimate of drug-likeness (QED) is 0.114. The summed E-state index contributed by atoms with van der Waals surface area (Å²) in [5, 5.41) is 143. The summed E-state index contributed by atoms with van der Waals surface area (Å²) in [7, 11) is 0. The van der Waals surface area contributed by atoms with Crippen LogP contribution in [-0.4, -0.2) is 189 Å². The largest absolute Gasteiger partial charge is 0.394 e. The van der Waals surface area contributed by atoms with Crippen molar-refractivity contribution in [2.24, 2.45) is 62.6 Å². The summed E-state index contributed by atoms with van der Waals surface area (Å²) in [5.41, 5.74) is -3.31. The van der Waals surface area contributed by atoms with Crippen LogP contribution in [0.5, 0.6) is 0 Å². The first kappa shape index (κ1) is 50.7. The molecule has 3 aliphatic heterocycles. The van der Waals surface area contributed by atoms with Gasteiger partial charge in [-0.3, -0.25) is 0 Å². The summed E-state index contributed by atoms with van der Waals surface area (Å²) < 4.78 is 25.5. The van der Waals surface area contributed by atoms with Crippen LogP contribution in [0.15, 0.2) is 0 Å². The number of hydrogen-bond donors (Lipinski definition) is 13. The number of aliphatic hydroxyl groups excluding tert-OH is 12. The molecule has 5 saturated carbocycles. The number of ether oxygens (including phenoxy) is 4. The fourth-order valence-electron chi connectivity index (χ4n) is 16.9. The van der Waals surface area contributed by atoms with Gasteiger partial charge in [-0.15, -0.1) is 0 Å². The van der Waals surface area contributed by atoms with Crippen molar-refractivity contribution in [2.45, 2.75) is 223 Å². The van der Waals surface area contributed by atoms with Crippen LogP contribution in [0.25, 0.3) is 0 Å². The molecular formula is C48H82O17. The second kappa shape index (κ2) is 17.3. The lowest BCUT2D eigenvalue weighted by molar-refractivity contribution is -0.325. The highest BCUT2D eigenvalue weighted by molar-refractivity contribution is 5.33. The highest BCUT2D eigenvalue weighted by Gasteiger charge is 2.85. The molecular weight excluding hydrogens is 849 g/mol. The lowest BCUT2D eigenvalue weighted by atomic mass is 9.41. The summed E-state index contributed by atoms with van der Waals surface area (Å²) in [4.78, 5) is 0. The highest BCUT2D eigenvalue weighted by atomic mass is 16.7. The number of fused-ring (bicyclic) bond motifs is 2. The van der Waals surface area contributed by atoms with Crippen LogP contribution < -0.4 is 0 Å². The topological polar surface area (TPSA) is 300 Å². The van der Waals surface area contributed by atoms with Gasteiger partial charge >= 0.3 is 0 Å². The van der Waals surface area contributed by atoms with Gasteiger partial charge in [-0.25, -0.2) is 0 Å². The molecule has 0 amide bonds. The standard InChI is InChI=1S/C48H82O17/c1-20(9-10-23(44(5,6)61)40-37(59)35(57)32(54)26(18-50)64-40)29-22(39-36(58)34(56)31(53)25(17-49)63-39)16-46(8)27-15-24(65-42-38(60)33(55)30(52)21(2)62-42)41-43(3,4)28(51)11-12-48(41)19-47(27,48)14-13-45(29,46)7/h20-42,49-61H,9-19H2,1-8H3/t20-,21+,22+,23+,24+,25-,26-,27+,28+,29+,30+,31-,32-,33-,34+,35+,36-,37-,38-,39+,40+,41+,42+,45-,46+,47+,48-/m1/s1. The Bertz CT molecular complexity index is 1690. The fraction of sp³-hybridized carbons (Fsp3) is 1.00. The van der Waals surface area contributed by atoms with Crippen molar-refractivity contribution in [1.82, 2.24) is 0 Å². The molecule has 13 N–H and O–H groups in total. The van der Waals surface area contributed by atoms with Crippen LogP contribution in [0.4, 0.5) is 0 Å². The van der Waals surface area contributed by atoms with Crippen molar-refractivity contribution in [3.63, 3.8) is 0 Å². The predicted octanol–water partition coefficient (Wildman–Crippen LogP) is -0.677. The first-order valence-electron chi connectivity index (χ1n) is 24.6. The van der Waals surface area contributed by atoms with Crippen molar-refractivity contribution in [3.8, 4) is 0 Å². The summed E-state index contributed by atoms with van der Waals surface area (Å²) >= 11 is 0. The fourth-order valence-corrected chi connectivity index (χ4v) is 16.9. The van der Waals surface area contributed by atoms with Crippen LogP contribution in [0.3, 0.4) is 0 Å². The van der Waals surface area contributed by atoms with Crippen molar-refractivity contribution < 1.29 is 85.3 Å². The van der Waals surface area contributed by atoms with Gasteiger partial charge in [0.1, 0.15) is 67.1 Å². The molecule has 27 atom stereocenters. The van der Waals surface area contributed by atoms with E-state index in [0.717, 1.165) is 25.7 Å². The third-order valence-electron chi connectivity index (χ3n) is 20.4. The van der Waals surface area contributed by atoms with Crippen LogP contribution in [0.2, 0.25) is 0 Å². The first-order valence-corrected chi connectivity index (χ1v) is 24.6. The van der Waals surface area contributed by atoms with E-state index < -0.39 is 151 Å². The van der Waals surface area contributed by atoms with E-state index in [2.05, 4.69) is 34.6 Å². The second-order valence-corrected chi connectivity index (χ2v) is 24.1. The number of rotatable bonds is 11. The van der Waals surface area contributed by atoms with Gasteiger partial charge in [0, 0.05) is 5.92 Å². The average molecular weight is 931 g/mol. The Morgan fingerprint density at radius 2 is 1.28 bits per heavy atom. The number of aliphatic hydroxyl groups is 13. The Kier molecular flexibility index (Phi) is 13.5. The van der Waals surface area contributed by atoms with E-state index in [1.54, 1.807) is 20.8 Å². The molecule has 0 unspecified atom stereocenters. The van der Waals surface area contributed by atoms with Crippen molar-refractivity contribution in [1.29, 1.82) is 0 Å². The van der Waals surface area contributed by atoms with Gasteiger partial charge in [-0.2, -0.15) is 0 Å². The van der Waals surface area contributed by atoms with E-state index in [1.165, 1.54) is 0 Å². The minimum atomic E-state index is -1.62. The second-order valence-electron chi connectivity index (χ2n) is 24.1. The van der Waals surface area contributed by atoms with Gasteiger partial charge in [-0.05, 0) is 135 Å². The third-order valence-corrected chi connectivity index (χ3v) is 20.4. The lowest BCUT2D eigenvalue weighted by Gasteiger charge is -2.65. The van der Waals surface area contributed by atoms with Gasteiger partial charge in [0.15, 0.2) is 6.29 Å². The number of hydrogen-bond acceptors (Lipinski definition) is 17. The van der Waals surface area contributed by atoms with Crippen molar-refractivity contribution >= 4 is 0 Å². The van der Waals surface area contributed by atoms with Crippen molar-refractivity contribution in [3.05, 3.63) is 0 Å². The molecule has 376 valence electrons. The normalized spacial score (nSPS) is 56.2. The maximum Gasteiger partial charge on any atom is 0.186 e. The molecule has 3 saturated heterocycles. The Balaban J connectivity index is 1.17. The molecule has 17 nitrogen and oxygen atoms in total. The van der Waals surface area contributed by atoms with Gasteiger partial charge in [0.25, 0.3) is 0 Å². The van der Waals surface area contributed by atoms with Crippen LogP contribution in [0, 0.1) is 62.6 Å². The maximum atomic E-state index is 11.9. The maximum absolute atomic E-state index is 11.9. The molecule has 0 radical (unpaired) electrons. The zero-order valence-electron chi connectivity index (χ0n) is 39.5. The minimum Gasteiger partial charge on any atom is -0.394 e. The molecule has 65 heavy (non-hydrogen) atoms. The van der Waals surface area contributed by atoms with E-state index in [9.17, 15) is 66.4 Å². The van der Waals surface area contributed by atoms with E-state index in [4.69, 9.17) is 18.9 Å². The molecule has 2 spiro atoms. The zero-order valence-corrected chi connectivity index (χ0v) is 39.5. The Morgan fingerprint density at radius 1 is 0.677 bits per heavy atom. The molecule has 17 heteroatoms. The molecule has 5 aliphatic carbocycles. The molecule has 3 heterocycles. The van der Waals surface area contributed by atoms with Gasteiger partial charge in [-0.1, -0.05) is 34.6 Å². The Morgan fingerprint density at radius 3 is 1.89 bits per heavy atom. The minimum absolute atomic E-state index is 0.0116. The van der Waals surface area contributed by atoms with Crippen LogP contribution in [0.1, 0.15) is 113 Å². The Hall–Kier alpha value is -0.680. The van der Waals surface area contributed by atoms with Gasteiger partial charge in [0.05, 0.1) is 49.3 Å². The van der Waals surface area contributed by atoms with E-state index in [0.29, 0.717) is 32.1 Å². The van der Waals surface area contributed by atoms with Crippen LogP contribution >= 0.6 is 0 Å².